The summed E-state index contributed by atoms with van der Waals surface area (Å²) in [5, 5.41) is 9.27. The van der Waals surface area contributed by atoms with E-state index in [-0.39, 0.29) is 11.0 Å². The summed E-state index contributed by atoms with van der Waals surface area (Å²) >= 11 is 0. The Bertz CT molecular complexity index is 491. The highest BCUT2D eigenvalue weighted by Gasteiger charge is 2.43. The van der Waals surface area contributed by atoms with E-state index in [1.165, 1.54) is 5.56 Å². The average molecular weight is 273 g/mol. The summed E-state index contributed by atoms with van der Waals surface area (Å²) in [7, 11) is 1.67. The first kappa shape index (κ1) is 14.9. The number of hydrogen-bond donors (Lipinski definition) is 0. The van der Waals surface area contributed by atoms with Crippen LogP contribution in [-0.4, -0.2) is 19.3 Å². The zero-order valence-electron chi connectivity index (χ0n) is 12.6. The molecule has 0 N–H and O–H groups in total. The summed E-state index contributed by atoms with van der Waals surface area (Å²) in [6.07, 6.45) is 3.31. The zero-order chi connectivity index (χ0) is 14.6. The van der Waals surface area contributed by atoms with E-state index >= 15 is 0 Å². The fraction of sp³-hybridized carbons (Fsp3) is 0.588. The van der Waals surface area contributed by atoms with Crippen molar-refractivity contribution in [1.82, 2.24) is 0 Å². The molecule has 0 unspecified atom stereocenters. The SMILES string of the molecule is CC[C@]1(C)C[C@@](CC#N)(c2ccc(OC)cc2)CCO1. The zero-order valence-corrected chi connectivity index (χ0v) is 12.6. The Morgan fingerprint density at radius 1 is 1.35 bits per heavy atom. The second kappa shape index (κ2) is 5.85. The van der Waals surface area contributed by atoms with Crippen LogP contribution in [0.1, 0.15) is 45.1 Å². The Morgan fingerprint density at radius 2 is 2.05 bits per heavy atom. The van der Waals surface area contributed by atoms with Crippen LogP contribution in [0.25, 0.3) is 0 Å². The lowest BCUT2D eigenvalue weighted by Gasteiger charge is -2.45. The Balaban J connectivity index is 2.35. The highest BCUT2D eigenvalue weighted by atomic mass is 16.5. The van der Waals surface area contributed by atoms with Gasteiger partial charge in [-0.25, -0.2) is 0 Å². The number of nitrogens with zero attached hydrogens (tertiary/aromatic N) is 1. The smallest absolute Gasteiger partial charge is 0.118 e. The second-order valence-electron chi connectivity index (χ2n) is 5.92. The van der Waals surface area contributed by atoms with Gasteiger partial charge >= 0.3 is 0 Å². The molecule has 2 rings (SSSR count). The molecule has 0 aliphatic carbocycles. The topological polar surface area (TPSA) is 42.2 Å². The van der Waals surface area contributed by atoms with Gasteiger partial charge in [0.15, 0.2) is 0 Å². The fourth-order valence-electron chi connectivity index (χ4n) is 3.17. The van der Waals surface area contributed by atoms with E-state index in [4.69, 9.17) is 9.47 Å². The minimum Gasteiger partial charge on any atom is -0.497 e. The third kappa shape index (κ3) is 2.81. The summed E-state index contributed by atoms with van der Waals surface area (Å²) in [6.45, 7) is 5.02. The first-order chi connectivity index (χ1) is 9.57. The molecule has 1 aliphatic heterocycles. The van der Waals surface area contributed by atoms with E-state index in [1.54, 1.807) is 7.11 Å². The molecule has 1 aromatic carbocycles. The van der Waals surface area contributed by atoms with Crippen molar-refractivity contribution in [1.29, 1.82) is 5.26 Å². The van der Waals surface area contributed by atoms with E-state index in [0.717, 1.165) is 31.6 Å². The Hall–Kier alpha value is -1.53. The molecule has 0 spiro atoms. The molecule has 1 aliphatic rings. The molecule has 0 saturated carbocycles. The molecule has 0 aromatic heterocycles. The minimum atomic E-state index is -0.130. The minimum absolute atomic E-state index is 0.0932. The first-order valence-electron chi connectivity index (χ1n) is 7.23. The molecular weight excluding hydrogens is 250 g/mol. The summed E-state index contributed by atoms with van der Waals surface area (Å²) in [4.78, 5) is 0. The van der Waals surface area contributed by atoms with Gasteiger partial charge in [0.05, 0.1) is 18.8 Å². The molecule has 0 radical (unpaired) electrons. The van der Waals surface area contributed by atoms with E-state index < -0.39 is 0 Å². The summed E-state index contributed by atoms with van der Waals surface area (Å²) in [5.74, 6) is 0.853. The van der Waals surface area contributed by atoms with E-state index in [1.807, 2.05) is 12.1 Å². The molecule has 20 heavy (non-hydrogen) atoms. The average Bonchev–Trinajstić information content (AvgIpc) is 2.48. The number of nitriles is 1. The predicted molar refractivity (Wildman–Crippen MR) is 78.8 cm³/mol. The highest BCUT2D eigenvalue weighted by molar-refractivity contribution is 5.34. The van der Waals surface area contributed by atoms with Crippen molar-refractivity contribution in [2.45, 2.75) is 50.5 Å². The fourth-order valence-corrected chi connectivity index (χ4v) is 3.17. The van der Waals surface area contributed by atoms with Crippen LogP contribution in [0, 0.1) is 11.3 Å². The third-order valence-electron chi connectivity index (χ3n) is 4.61. The first-order valence-corrected chi connectivity index (χ1v) is 7.23. The Morgan fingerprint density at radius 3 is 2.60 bits per heavy atom. The number of ether oxygens (including phenoxy) is 2. The third-order valence-corrected chi connectivity index (χ3v) is 4.61. The highest BCUT2D eigenvalue weighted by Crippen LogP contribution is 2.45. The maximum Gasteiger partial charge on any atom is 0.118 e. The van der Waals surface area contributed by atoms with Crippen molar-refractivity contribution in [2.24, 2.45) is 0 Å². The molecule has 1 saturated heterocycles. The van der Waals surface area contributed by atoms with Gasteiger partial charge in [0, 0.05) is 18.4 Å². The van der Waals surface area contributed by atoms with Gasteiger partial charge in [-0.1, -0.05) is 19.1 Å². The van der Waals surface area contributed by atoms with Crippen LogP contribution in [-0.2, 0) is 10.2 Å². The van der Waals surface area contributed by atoms with Crippen molar-refractivity contribution in [3.63, 3.8) is 0 Å². The van der Waals surface area contributed by atoms with Crippen molar-refractivity contribution in [3.8, 4) is 11.8 Å². The summed E-state index contributed by atoms with van der Waals surface area (Å²) in [6, 6.07) is 10.5. The molecule has 1 fully saturated rings. The van der Waals surface area contributed by atoms with Gasteiger partial charge in [-0.3, -0.25) is 0 Å². The Labute approximate surface area is 121 Å². The van der Waals surface area contributed by atoms with Crippen molar-refractivity contribution in [2.75, 3.05) is 13.7 Å². The molecule has 1 heterocycles. The Kier molecular flexibility index (Phi) is 4.35. The van der Waals surface area contributed by atoms with Crippen molar-refractivity contribution >= 4 is 0 Å². The van der Waals surface area contributed by atoms with Crippen molar-refractivity contribution < 1.29 is 9.47 Å². The van der Waals surface area contributed by atoms with Gasteiger partial charge in [-0.15, -0.1) is 0 Å². The van der Waals surface area contributed by atoms with Crippen LogP contribution >= 0.6 is 0 Å². The lowest BCUT2D eigenvalue weighted by molar-refractivity contribution is -0.0957. The summed E-state index contributed by atoms with van der Waals surface area (Å²) < 4.78 is 11.2. The van der Waals surface area contributed by atoms with Gasteiger partial charge in [0.25, 0.3) is 0 Å². The van der Waals surface area contributed by atoms with Crippen LogP contribution in [0.15, 0.2) is 24.3 Å². The van der Waals surface area contributed by atoms with Gasteiger partial charge in [-0.2, -0.15) is 5.26 Å². The molecule has 108 valence electrons. The van der Waals surface area contributed by atoms with Crippen molar-refractivity contribution in [3.05, 3.63) is 29.8 Å². The standard InChI is InChI=1S/C17H23NO2/c1-4-16(2)13-17(9-11-18,10-12-20-16)14-5-7-15(19-3)8-6-14/h5-8H,4,9-10,12-13H2,1-3H3/t16-,17+/m1/s1. The lowest BCUT2D eigenvalue weighted by atomic mass is 9.67. The molecule has 3 heteroatoms. The lowest BCUT2D eigenvalue weighted by Crippen LogP contribution is -2.45. The molecule has 1 aromatic rings. The quantitative estimate of drug-likeness (QED) is 0.837. The molecule has 0 bridgehead atoms. The van der Waals surface area contributed by atoms with E-state index in [2.05, 4.69) is 32.0 Å². The van der Waals surface area contributed by atoms with Crippen LogP contribution in [0.5, 0.6) is 5.75 Å². The monoisotopic (exact) mass is 273 g/mol. The molecular formula is C17H23NO2. The van der Waals surface area contributed by atoms with E-state index in [9.17, 15) is 5.26 Å². The number of hydrogen-bond acceptors (Lipinski definition) is 3. The normalized spacial score (nSPS) is 29.7. The maximum absolute atomic E-state index is 9.27. The van der Waals surface area contributed by atoms with Crippen LogP contribution in [0.3, 0.4) is 0 Å². The van der Waals surface area contributed by atoms with Crippen LogP contribution < -0.4 is 4.74 Å². The molecule has 2 atom stereocenters. The van der Waals surface area contributed by atoms with Crippen LogP contribution in [0.4, 0.5) is 0 Å². The molecule has 3 nitrogen and oxygen atoms in total. The van der Waals surface area contributed by atoms with Gasteiger partial charge in [0.1, 0.15) is 5.75 Å². The van der Waals surface area contributed by atoms with Crippen LogP contribution in [0.2, 0.25) is 0 Å². The van der Waals surface area contributed by atoms with E-state index in [0.29, 0.717) is 6.42 Å². The molecule has 0 amide bonds. The number of rotatable bonds is 4. The number of methoxy groups -OCH3 is 1. The van der Waals surface area contributed by atoms with Gasteiger partial charge in [0.2, 0.25) is 0 Å². The second-order valence-corrected chi connectivity index (χ2v) is 5.92. The predicted octanol–water partition coefficient (Wildman–Crippen LogP) is 3.83. The van der Waals surface area contributed by atoms with Gasteiger partial charge in [-0.05, 0) is 43.9 Å². The number of benzene rings is 1. The summed E-state index contributed by atoms with van der Waals surface area (Å²) in [5.41, 5.74) is 1.00. The van der Waals surface area contributed by atoms with Gasteiger partial charge < -0.3 is 9.47 Å². The maximum atomic E-state index is 9.27. The largest absolute Gasteiger partial charge is 0.497 e.